The van der Waals surface area contributed by atoms with E-state index in [1.807, 2.05) is 36.8 Å². The summed E-state index contributed by atoms with van der Waals surface area (Å²) in [6, 6.07) is 13.3. The van der Waals surface area contributed by atoms with E-state index in [0.717, 1.165) is 0 Å². The zero-order chi connectivity index (χ0) is 44.3. The molecule has 2 aromatic carbocycles. The van der Waals surface area contributed by atoms with Crippen LogP contribution in [0.15, 0.2) is 58.5 Å². The fourth-order valence-corrected chi connectivity index (χ4v) is 7.48. The molecule has 0 atom stereocenters. The van der Waals surface area contributed by atoms with E-state index in [-0.39, 0.29) is 31.6 Å². The molecule has 0 spiro atoms. The van der Waals surface area contributed by atoms with Crippen molar-refractivity contribution < 1.29 is 28.7 Å². The number of primary amides is 2. The van der Waals surface area contributed by atoms with Gasteiger partial charge in [0.05, 0.1) is 39.6 Å². The Morgan fingerprint density at radius 3 is 1.49 bits per heavy atom. The Kier molecular flexibility index (Phi) is 13.0. The van der Waals surface area contributed by atoms with Gasteiger partial charge in [0, 0.05) is 57.4 Å². The Bertz CT molecular complexity index is 2650. The first kappa shape index (κ1) is 43.7. The number of hydrogen-bond donors (Lipinski definition) is 3. The number of nitrogens with one attached hydrogen (secondary N) is 1. The monoisotopic (exact) mass is 835 g/mol. The van der Waals surface area contributed by atoms with Crippen LogP contribution in [0.1, 0.15) is 93.6 Å². The second kappa shape index (κ2) is 18.2. The van der Waals surface area contributed by atoms with Gasteiger partial charge in [0.25, 0.3) is 11.8 Å². The van der Waals surface area contributed by atoms with Crippen molar-refractivity contribution >= 4 is 51.6 Å². The van der Waals surface area contributed by atoms with Gasteiger partial charge in [-0.3, -0.25) is 33.3 Å². The van der Waals surface area contributed by atoms with Crippen LogP contribution in [0.3, 0.4) is 0 Å². The van der Waals surface area contributed by atoms with Crippen LogP contribution in [0, 0.1) is 13.8 Å². The van der Waals surface area contributed by atoms with Crippen LogP contribution >= 0.6 is 0 Å². The number of benzene rings is 2. The predicted octanol–water partition coefficient (Wildman–Crippen LogP) is 2.39. The van der Waals surface area contributed by atoms with Gasteiger partial charge in [-0.2, -0.15) is 20.2 Å². The number of amides is 5. The number of nitrogens with two attached hydrogens (primary N) is 2. The average Bonchev–Trinajstić information content (AvgIpc) is 3.94. The van der Waals surface area contributed by atoms with Crippen molar-refractivity contribution in [3.8, 4) is 0 Å². The van der Waals surface area contributed by atoms with Gasteiger partial charge in [-0.1, -0.05) is 0 Å². The molecule has 61 heavy (non-hydrogen) atoms. The maximum Gasteiger partial charge on any atom is 0.298 e. The number of ether oxygens (including phenoxy) is 1. The predicted molar refractivity (Wildman–Crippen MR) is 226 cm³/mol. The van der Waals surface area contributed by atoms with Gasteiger partial charge in [0.15, 0.2) is 0 Å². The topological polar surface area (TPSA) is 239 Å². The van der Waals surface area contributed by atoms with Crippen LogP contribution in [-0.2, 0) is 49.8 Å². The summed E-state index contributed by atoms with van der Waals surface area (Å²) in [5.74, 6) is -2.48. The molecule has 0 aliphatic rings. The Morgan fingerprint density at radius 2 is 1.11 bits per heavy atom. The minimum atomic E-state index is -0.602. The Labute approximate surface area is 351 Å². The smallest absolute Gasteiger partial charge is 0.298 e. The standard InChI is InChI=1S/C42H53N13O6/c1-9-54-34(19-25(5)48-54)39(59)46-41-50(7)32-21-27(37(43)57)11-13-30(32)52(41)17-15-29(61-23-36(56)45-24(3)4)16-18-53-31-14-12-28(38(44)58)22-33(31)51(8)42(53)47-40(60)35-20-26(6)49-55(35)10-2/h11-14,19-22,24,29H,9-10,15-18,23H2,1-8H3,(H2,43,57)(H2,44,58)(H,45,56). The Balaban J connectivity index is 1.42. The molecule has 0 fully saturated rings. The number of aryl methyl sites for hydroxylation is 8. The van der Waals surface area contributed by atoms with E-state index in [1.54, 1.807) is 95.0 Å². The molecule has 0 saturated heterocycles. The first-order valence-electron chi connectivity index (χ1n) is 20.2. The minimum absolute atomic E-state index is 0.105. The fourth-order valence-electron chi connectivity index (χ4n) is 7.48. The highest BCUT2D eigenvalue weighted by molar-refractivity contribution is 5.98. The van der Waals surface area contributed by atoms with Crippen LogP contribution in [-0.4, -0.2) is 86.1 Å². The molecule has 19 nitrogen and oxygen atoms in total. The summed E-state index contributed by atoms with van der Waals surface area (Å²) in [7, 11) is 3.51. The van der Waals surface area contributed by atoms with Crippen molar-refractivity contribution in [3.05, 3.63) is 93.7 Å². The number of rotatable bonds is 16. The largest absolute Gasteiger partial charge is 0.368 e. The maximum atomic E-state index is 13.8. The van der Waals surface area contributed by atoms with Crippen molar-refractivity contribution in [2.45, 2.75) is 92.7 Å². The molecule has 0 saturated carbocycles. The lowest BCUT2D eigenvalue weighted by molar-refractivity contribution is -0.128. The Morgan fingerprint density at radius 1 is 0.689 bits per heavy atom. The summed E-state index contributed by atoms with van der Waals surface area (Å²) in [6.07, 6.45) is 0.131. The number of fused-ring (bicyclic) bond motifs is 2. The van der Waals surface area contributed by atoms with Gasteiger partial charge in [0.1, 0.15) is 18.0 Å². The molecule has 4 heterocycles. The van der Waals surface area contributed by atoms with E-state index < -0.39 is 29.7 Å². The van der Waals surface area contributed by atoms with Crippen molar-refractivity contribution in [2.75, 3.05) is 6.61 Å². The number of carbonyl (C=O) groups is 5. The summed E-state index contributed by atoms with van der Waals surface area (Å²) in [5.41, 5.74) is 17.1. The zero-order valence-electron chi connectivity index (χ0n) is 35.8. The van der Waals surface area contributed by atoms with Crippen LogP contribution in [0.2, 0.25) is 0 Å². The van der Waals surface area contributed by atoms with E-state index in [0.29, 0.717) is 93.1 Å². The second-order valence-electron chi connectivity index (χ2n) is 15.2. The summed E-state index contributed by atoms with van der Waals surface area (Å²) in [6.45, 7) is 12.4. The van der Waals surface area contributed by atoms with Gasteiger partial charge < -0.3 is 39.8 Å². The molecule has 0 aliphatic heterocycles. The highest BCUT2D eigenvalue weighted by atomic mass is 16.5. The third kappa shape index (κ3) is 9.30. The highest BCUT2D eigenvalue weighted by Gasteiger charge is 2.22. The molecule has 4 aromatic heterocycles. The second-order valence-corrected chi connectivity index (χ2v) is 15.2. The van der Waals surface area contributed by atoms with Gasteiger partial charge in [-0.25, -0.2) is 0 Å². The van der Waals surface area contributed by atoms with Crippen LogP contribution in [0.5, 0.6) is 0 Å². The number of aromatic nitrogens is 8. The van der Waals surface area contributed by atoms with E-state index in [9.17, 15) is 24.0 Å². The van der Waals surface area contributed by atoms with Crippen LogP contribution in [0.25, 0.3) is 22.1 Å². The quantitative estimate of drug-likeness (QED) is 0.131. The lowest BCUT2D eigenvalue weighted by Crippen LogP contribution is -2.35. The first-order valence-corrected chi connectivity index (χ1v) is 20.2. The lowest BCUT2D eigenvalue weighted by atomic mass is 10.1. The first-order chi connectivity index (χ1) is 29.0. The van der Waals surface area contributed by atoms with Gasteiger partial charge in [-0.05, 0) is 103 Å². The van der Waals surface area contributed by atoms with Crippen LogP contribution in [0.4, 0.5) is 0 Å². The summed E-state index contributed by atoms with van der Waals surface area (Å²) in [5, 5.41) is 11.7. The third-order valence-electron chi connectivity index (χ3n) is 10.4. The van der Waals surface area contributed by atoms with Gasteiger partial charge in [0.2, 0.25) is 29.0 Å². The molecule has 0 unspecified atom stereocenters. The minimum Gasteiger partial charge on any atom is -0.368 e. The van der Waals surface area contributed by atoms with Gasteiger partial charge in [-0.15, -0.1) is 0 Å². The van der Waals surface area contributed by atoms with E-state index >= 15 is 0 Å². The molecule has 19 heteroatoms. The molecule has 0 radical (unpaired) electrons. The molecule has 322 valence electrons. The summed E-state index contributed by atoms with van der Waals surface area (Å²) in [4.78, 5) is 74.0. The zero-order valence-corrected chi connectivity index (χ0v) is 35.8. The molecular formula is C42H53N13O6. The fraction of sp³-hybridized carbons (Fsp3) is 0.405. The molecule has 5 amide bonds. The molecule has 0 aliphatic carbocycles. The number of hydrogen-bond acceptors (Lipinski definition) is 8. The van der Waals surface area contributed by atoms with E-state index in [4.69, 9.17) is 16.2 Å². The Hall–Kier alpha value is -6.89. The summed E-state index contributed by atoms with van der Waals surface area (Å²) < 4.78 is 16.7. The van der Waals surface area contributed by atoms with Crippen molar-refractivity contribution in [1.29, 1.82) is 0 Å². The van der Waals surface area contributed by atoms with E-state index in [1.165, 1.54) is 0 Å². The molecule has 6 aromatic rings. The SMILES string of the molecule is CCn1nc(C)cc1C(=O)N=c1n(C)c2cc(C(N)=O)ccc2n1CCC(CCn1c(=NC(=O)c2cc(C)nn2CC)n(C)c2cc(C(N)=O)ccc21)OCC(=O)NC(C)C. The number of carbonyl (C=O) groups excluding carboxylic acids is 5. The van der Waals surface area contributed by atoms with Crippen molar-refractivity contribution in [1.82, 2.24) is 43.1 Å². The van der Waals surface area contributed by atoms with E-state index in [2.05, 4.69) is 25.5 Å². The molecule has 0 bridgehead atoms. The third-order valence-corrected chi connectivity index (χ3v) is 10.4. The molecule has 6 rings (SSSR count). The highest BCUT2D eigenvalue weighted by Crippen LogP contribution is 2.20. The van der Waals surface area contributed by atoms with Crippen LogP contribution < -0.4 is 28.0 Å². The van der Waals surface area contributed by atoms with Crippen molar-refractivity contribution in [3.63, 3.8) is 0 Å². The lowest BCUT2D eigenvalue weighted by Gasteiger charge is -2.20. The van der Waals surface area contributed by atoms with Gasteiger partial charge >= 0.3 is 0 Å². The number of nitrogens with zero attached hydrogens (tertiary/aromatic N) is 10. The molecular weight excluding hydrogens is 783 g/mol. The number of imidazole rings is 2. The van der Waals surface area contributed by atoms with Crippen molar-refractivity contribution in [2.24, 2.45) is 35.5 Å². The average molecular weight is 836 g/mol. The maximum absolute atomic E-state index is 13.8. The normalized spacial score (nSPS) is 12.9. The molecule has 5 N–H and O–H groups in total. The summed E-state index contributed by atoms with van der Waals surface area (Å²) >= 11 is 0.